The summed E-state index contributed by atoms with van der Waals surface area (Å²) in [5, 5.41) is 15.4. The van der Waals surface area contributed by atoms with Gasteiger partial charge in [-0.25, -0.2) is 0 Å². The van der Waals surface area contributed by atoms with Gasteiger partial charge in [-0.15, -0.1) is 0 Å². The average Bonchev–Trinajstić information content (AvgIpc) is 2.47. The number of phenols is 1. The van der Waals surface area contributed by atoms with Crippen LogP contribution in [0.2, 0.25) is 0 Å². The summed E-state index contributed by atoms with van der Waals surface area (Å²) in [5.41, 5.74) is 1.11. The maximum absolute atomic E-state index is 9.88. The van der Waals surface area contributed by atoms with E-state index in [1.54, 1.807) is 6.07 Å². The first-order valence-electron chi connectivity index (χ1n) is 6.94. The average molecular weight is 253 g/mol. The van der Waals surface area contributed by atoms with Gasteiger partial charge in [0, 0.05) is 23.0 Å². The van der Waals surface area contributed by atoms with Crippen LogP contribution >= 0.6 is 0 Å². The second kappa shape index (κ2) is 5.35. The van der Waals surface area contributed by atoms with Gasteiger partial charge < -0.3 is 10.4 Å². The zero-order valence-electron chi connectivity index (χ0n) is 11.0. The molecule has 0 heterocycles. The molecule has 2 nitrogen and oxygen atoms in total. The van der Waals surface area contributed by atoms with E-state index in [0.717, 1.165) is 28.9 Å². The first-order chi connectivity index (χ1) is 9.34. The molecular weight excluding hydrogens is 234 g/mol. The number of aromatic hydroxyl groups is 1. The second-order valence-corrected chi connectivity index (χ2v) is 5.21. The first kappa shape index (κ1) is 12.1. The fourth-order valence-electron chi connectivity index (χ4n) is 2.74. The van der Waals surface area contributed by atoms with Crippen molar-refractivity contribution in [3.8, 4) is 5.75 Å². The van der Waals surface area contributed by atoms with Crippen LogP contribution in [0.3, 0.4) is 0 Å². The van der Waals surface area contributed by atoms with E-state index in [9.17, 15) is 5.11 Å². The molecule has 0 amide bonds. The molecular formula is C17H19NO. The highest BCUT2D eigenvalue weighted by atomic mass is 16.3. The molecule has 2 heteroatoms. The van der Waals surface area contributed by atoms with Gasteiger partial charge in [-0.1, -0.05) is 36.4 Å². The SMILES string of the molecule is Oc1cccc2c(NCC3CC=CCC3)cccc12. The van der Waals surface area contributed by atoms with E-state index in [0.29, 0.717) is 5.75 Å². The van der Waals surface area contributed by atoms with Crippen LogP contribution in [0.1, 0.15) is 19.3 Å². The molecule has 0 radical (unpaired) electrons. The van der Waals surface area contributed by atoms with E-state index in [1.807, 2.05) is 18.2 Å². The lowest BCUT2D eigenvalue weighted by Crippen LogP contribution is -2.15. The van der Waals surface area contributed by atoms with E-state index in [-0.39, 0.29) is 0 Å². The molecule has 2 N–H and O–H groups in total. The Bertz CT molecular complexity index is 603. The minimum atomic E-state index is 0.349. The van der Waals surface area contributed by atoms with Crippen molar-refractivity contribution in [3.05, 3.63) is 48.6 Å². The van der Waals surface area contributed by atoms with E-state index in [4.69, 9.17) is 0 Å². The van der Waals surface area contributed by atoms with Crippen molar-refractivity contribution in [1.82, 2.24) is 0 Å². The second-order valence-electron chi connectivity index (χ2n) is 5.21. The monoisotopic (exact) mass is 253 g/mol. The van der Waals surface area contributed by atoms with Crippen LogP contribution < -0.4 is 5.32 Å². The molecule has 98 valence electrons. The minimum Gasteiger partial charge on any atom is -0.507 e. The first-order valence-corrected chi connectivity index (χ1v) is 6.94. The maximum atomic E-state index is 9.88. The lowest BCUT2D eigenvalue weighted by Gasteiger charge is -2.19. The van der Waals surface area contributed by atoms with E-state index in [2.05, 4.69) is 29.6 Å². The van der Waals surface area contributed by atoms with Crippen LogP contribution in [0.15, 0.2) is 48.6 Å². The molecule has 2 aromatic rings. The van der Waals surface area contributed by atoms with Crippen molar-refractivity contribution in [2.45, 2.75) is 19.3 Å². The predicted octanol–water partition coefficient (Wildman–Crippen LogP) is 4.31. The Morgan fingerprint density at radius 1 is 1.05 bits per heavy atom. The molecule has 3 rings (SSSR count). The highest BCUT2D eigenvalue weighted by Crippen LogP contribution is 2.30. The van der Waals surface area contributed by atoms with E-state index in [1.165, 1.54) is 19.3 Å². The third kappa shape index (κ3) is 2.58. The van der Waals surface area contributed by atoms with Gasteiger partial charge in [-0.05, 0) is 37.3 Å². The molecule has 0 aliphatic heterocycles. The number of anilines is 1. The smallest absolute Gasteiger partial charge is 0.123 e. The lowest BCUT2D eigenvalue weighted by molar-refractivity contribution is 0.481. The Balaban J connectivity index is 1.81. The third-order valence-corrected chi connectivity index (χ3v) is 3.86. The van der Waals surface area contributed by atoms with Crippen molar-refractivity contribution in [2.75, 3.05) is 11.9 Å². The Morgan fingerprint density at radius 3 is 2.74 bits per heavy atom. The highest BCUT2D eigenvalue weighted by molar-refractivity contribution is 5.97. The van der Waals surface area contributed by atoms with Crippen LogP contribution in [0.25, 0.3) is 10.8 Å². The zero-order chi connectivity index (χ0) is 13.1. The molecule has 0 bridgehead atoms. The van der Waals surface area contributed by atoms with Gasteiger partial charge >= 0.3 is 0 Å². The van der Waals surface area contributed by atoms with Crippen molar-refractivity contribution < 1.29 is 5.11 Å². The molecule has 1 unspecified atom stereocenters. The molecule has 19 heavy (non-hydrogen) atoms. The molecule has 1 atom stereocenters. The van der Waals surface area contributed by atoms with Gasteiger partial charge in [0.05, 0.1) is 0 Å². The van der Waals surface area contributed by atoms with E-state index >= 15 is 0 Å². The Labute approximate surface area is 113 Å². The topological polar surface area (TPSA) is 32.3 Å². The Hall–Kier alpha value is -1.96. The molecule has 0 saturated heterocycles. The van der Waals surface area contributed by atoms with Crippen LogP contribution in [-0.4, -0.2) is 11.7 Å². The minimum absolute atomic E-state index is 0.349. The van der Waals surface area contributed by atoms with Crippen LogP contribution in [0.5, 0.6) is 5.75 Å². The molecule has 0 spiro atoms. The summed E-state index contributed by atoms with van der Waals surface area (Å²) < 4.78 is 0. The number of hydrogen-bond donors (Lipinski definition) is 2. The fraction of sp³-hybridized carbons (Fsp3) is 0.294. The maximum Gasteiger partial charge on any atom is 0.123 e. The summed E-state index contributed by atoms with van der Waals surface area (Å²) in [6.07, 6.45) is 8.18. The summed E-state index contributed by atoms with van der Waals surface area (Å²) in [5.74, 6) is 1.07. The number of allylic oxidation sites excluding steroid dienone is 2. The summed E-state index contributed by atoms with van der Waals surface area (Å²) in [6.45, 7) is 0.999. The van der Waals surface area contributed by atoms with Gasteiger partial charge in [-0.3, -0.25) is 0 Å². The van der Waals surface area contributed by atoms with Gasteiger partial charge in [-0.2, -0.15) is 0 Å². The summed E-state index contributed by atoms with van der Waals surface area (Å²) >= 11 is 0. The number of hydrogen-bond acceptors (Lipinski definition) is 2. The summed E-state index contributed by atoms with van der Waals surface area (Å²) in [7, 11) is 0. The zero-order valence-corrected chi connectivity index (χ0v) is 11.0. The number of fused-ring (bicyclic) bond motifs is 1. The largest absolute Gasteiger partial charge is 0.507 e. The van der Waals surface area contributed by atoms with Crippen LogP contribution in [0, 0.1) is 5.92 Å². The molecule has 0 saturated carbocycles. The Kier molecular flexibility index (Phi) is 3.41. The van der Waals surface area contributed by atoms with Gasteiger partial charge in [0.1, 0.15) is 5.75 Å². The van der Waals surface area contributed by atoms with E-state index < -0.39 is 0 Å². The third-order valence-electron chi connectivity index (χ3n) is 3.86. The summed E-state index contributed by atoms with van der Waals surface area (Å²) in [4.78, 5) is 0. The molecule has 2 aromatic carbocycles. The highest BCUT2D eigenvalue weighted by Gasteiger charge is 2.10. The quantitative estimate of drug-likeness (QED) is 0.799. The number of nitrogens with one attached hydrogen (secondary N) is 1. The van der Waals surface area contributed by atoms with Crippen molar-refractivity contribution in [2.24, 2.45) is 5.92 Å². The van der Waals surface area contributed by atoms with Gasteiger partial charge in [0.25, 0.3) is 0 Å². The Morgan fingerprint density at radius 2 is 1.89 bits per heavy atom. The number of benzene rings is 2. The number of phenolic OH excluding ortho intramolecular Hbond substituents is 1. The number of rotatable bonds is 3. The van der Waals surface area contributed by atoms with Crippen molar-refractivity contribution in [3.63, 3.8) is 0 Å². The fourth-order valence-corrected chi connectivity index (χ4v) is 2.74. The predicted molar refractivity (Wildman–Crippen MR) is 80.6 cm³/mol. The molecule has 0 fully saturated rings. The normalized spacial score (nSPS) is 18.6. The van der Waals surface area contributed by atoms with Crippen molar-refractivity contribution >= 4 is 16.5 Å². The van der Waals surface area contributed by atoms with Gasteiger partial charge in [0.2, 0.25) is 0 Å². The summed E-state index contributed by atoms with van der Waals surface area (Å²) in [6, 6.07) is 11.7. The van der Waals surface area contributed by atoms with Crippen LogP contribution in [0.4, 0.5) is 5.69 Å². The molecule has 0 aromatic heterocycles. The lowest BCUT2D eigenvalue weighted by atomic mass is 9.94. The standard InChI is InChI=1S/C17H19NO/c19-17-11-5-8-14-15(17)9-4-10-16(14)18-12-13-6-2-1-3-7-13/h1-2,4-5,8-11,13,18-19H,3,6-7,12H2. The van der Waals surface area contributed by atoms with Crippen LogP contribution in [-0.2, 0) is 0 Å². The van der Waals surface area contributed by atoms with Crippen molar-refractivity contribution in [1.29, 1.82) is 0 Å². The molecule has 1 aliphatic rings. The van der Waals surface area contributed by atoms with Gasteiger partial charge in [0.15, 0.2) is 0 Å². The molecule has 1 aliphatic carbocycles.